The van der Waals surface area contributed by atoms with E-state index in [9.17, 15) is 0 Å². The number of nitriles is 1. The van der Waals surface area contributed by atoms with Crippen LogP contribution < -0.4 is 10.6 Å². The zero-order chi connectivity index (χ0) is 12.5. The molecule has 1 aromatic carbocycles. The Morgan fingerprint density at radius 2 is 2.17 bits per heavy atom. The van der Waals surface area contributed by atoms with Gasteiger partial charge in [0, 0.05) is 12.6 Å². The number of benzene rings is 1. The summed E-state index contributed by atoms with van der Waals surface area (Å²) in [5.74, 6) is 0. The molecule has 92 valence electrons. The van der Waals surface area contributed by atoms with Gasteiger partial charge in [0.2, 0.25) is 0 Å². The smallest absolute Gasteiger partial charge is 0.160 e. The average molecular weight is 243 g/mol. The van der Waals surface area contributed by atoms with Crippen molar-refractivity contribution in [3.05, 3.63) is 12.1 Å². The van der Waals surface area contributed by atoms with Crippen LogP contribution >= 0.6 is 0 Å². The summed E-state index contributed by atoms with van der Waals surface area (Å²) in [7, 11) is 0. The van der Waals surface area contributed by atoms with E-state index in [0.29, 0.717) is 35.7 Å². The van der Waals surface area contributed by atoms with Gasteiger partial charge in [-0.3, -0.25) is 0 Å². The number of nitrogens with two attached hydrogens (primary N) is 1. The molecule has 18 heavy (non-hydrogen) atoms. The molecule has 2 N–H and O–H groups in total. The molecule has 0 unspecified atom stereocenters. The first-order valence-corrected chi connectivity index (χ1v) is 5.95. The van der Waals surface area contributed by atoms with Crippen LogP contribution in [0.2, 0.25) is 0 Å². The first kappa shape index (κ1) is 10.8. The Kier molecular flexibility index (Phi) is 2.52. The number of rotatable bonds is 4. The number of hydrogen-bond acceptors (Lipinski definition) is 6. The molecule has 6 nitrogen and oxygen atoms in total. The molecule has 1 aromatic heterocycles. The first-order chi connectivity index (χ1) is 8.81. The fourth-order valence-electron chi connectivity index (χ4n) is 2.16. The minimum atomic E-state index is 0.494. The van der Waals surface area contributed by atoms with E-state index in [1.54, 1.807) is 0 Å². The fourth-order valence-corrected chi connectivity index (χ4v) is 2.16. The Hall–Kier alpha value is -2.29. The highest BCUT2D eigenvalue weighted by Gasteiger charge is 2.30. The topological polar surface area (TPSA) is 92.0 Å². The van der Waals surface area contributed by atoms with Crippen molar-refractivity contribution >= 4 is 22.4 Å². The lowest BCUT2D eigenvalue weighted by atomic mass is 10.2. The van der Waals surface area contributed by atoms with Gasteiger partial charge in [-0.1, -0.05) is 0 Å². The van der Waals surface area contributed by atoms with Crippen LogP contribution in [0.1, 0.15) is 19.3 Å². The van der Waals surface area contributed by atoms with E-state index in [1.165, 1.54) is 0 Å². The molecule has 2 aromatic rings. The van der Waals surface area contributed by atoms with Gasteiger partial charge in [0.15, 0.2) is 11.0 Å². The number of nitrogens with zero attached hydrogens (tertiary/aromatic N) is 4. The summed E-state index contributed by atoms with van der Waals surface area (Å²) in [6.45, 7) is 0.701. The summed E-state index contributed by atoms with van der Waals surface area (Å²) >= 11 is 0. The van der Waals surface area contributed by atoms with E-state index in [-0.39, 0.29) is 0 Å². The molecular formula is C12H13N5O. The summed E-state index contributed by atoms with van der Waals surface area (Å²) in [5, 5.41) is 16.5. The van der Waals surface area contributed by atoms with Gasteiger partial charge in [0.1, 0.15) is 0 Å². The Balaban J connectivity index is 2.03. The van der Waals surface area contributed by atoms with E-state index >= 15 is 0 Å². The third kappa shape index (κ3) is 1.74. The van der Waals surface area contributed by atoms with Crippen molar-refractivity contribution in [2.75, 3.05) is 17.2 Å². The van der Waals surface area contributed by atoms with Gasteiger partial charge >= 0.3 is 0 Å². The van der Waals surface area contributed by atoms with Gasteiger partial charge < -0.3 is 10.6 Å². The lowest BCUT2D eigenvalue weighted by Crippen LogP contribution is -2.26. The summed E-state index contributed by atoms with van der Waals surface area (Å²) in [5.41, 5.74) is 8.62. The second-order valence-corrected chi connectivity index (χ2v) is 4.47. The van der Waals surface area contributed by atoms with E-state index in [1.807, 2.05) is 12.1 Å². The highest BCUT2D eigenvalue weighted by atomic mass is 16.6. The summed E-state index contributed by atoms with van der Waals surface area (Å²) in [6.07, 6.45) is 2.80. The second kappa shape index (κ2) is 4.18. The molecule has 0 radical (unpaired) electrons. The zero-order valence-electron chi connectivity index (χ0n) is 9.83. The number of hydrogen-bond donors (Lipinski definition) is 1. The molecular weight excluding hydrogens is 230 g/mol. The maximum Gasteiger partial charge on any atom is 0.160 e. The number of fused-ring (bicyclic) bond motifs is 1. The van der Waals surface area contributed by atoms with Crippen molar-refractivity contribution in [1.82, 2.24) is 10.3 Å². The van der Waals surface area contributed by atoms with Gasteiger partial charge in [-0.05, 0) is 35.3 Å². The zero-order valence-corrected chi connectivity index (χ0v) is 9.83. The minimum absolute atomic E-state index is 0.494. The molecule has 1 aliphatic carbocycles. The largest absolute Gasteiger partial charge is 0.397 e. The molecule has 3 rings (SSSR count). The lowest BCUT2D eigenvalue weighted by molar-refractivity contribution is 0.315. The molecule has 1 aliphatic rings. The summed E-state index contributed by atoms with van der Waals surface area (Å²) in [6, 6.07) is 6.42. The van der Waals surface area contributed by atoms with Crippen molar-refractivity contribution in [2.24, 2.45) is 0 Å². The van der Waals surface area contributed by atoms with Crippen molar-refractivity contribution in [3.63, 3.8) is 0 Å². The van der Waals surface area contributed by atoms with Gasteiger partial charge in [0.25, 0.3) is 0 Å². The predicted molar refractivity (Wildman–Crippen MR) is 66.8 cm³/mol. The Labute approximate surface area is 104 Å². The van der Waals surface area contributed by atoms with Crippen LogP contribution in [0.15, 0.2) is 16.8 Å². The fraction of sp³-hybridized carbons (Fsp3) is 0.417. The van der Waals surface area contributed by atoms with E-state index in [2.05, 4.69) is 21.3 Å². The van der Waals surface area contributed by atoms with Crippen LogP contribution in [0.5, 0.6) is 0 Å². The predicted octanol–water partition coefficient (Wildman–Crippen LogP) is 1.69. The summed E-state index contributed by atoms with van der Waals surface area (Å²) in [4.78, 5) is 2.20. The van der Waals surface area contributed by atoms with Gasteiger partial charge in [0.05, 0.1) is 23.9 Å². The van der Waals surface area contributed by atoms with Gasteiger partial charge in [-0.25, -0.2) is 4.63 Å². The molecule has 6 heteroatoms. The number of anilines is 2. The van der Waals surface area contributed by atoms with Crippen LogP contribution in [0.4, 0.5) is 11.4 Å². The summed E-state index contributed by atoms with van der Waals surface area (Å²) < 4.78 is 4.77. The van der Waals surface area contributed by atoms with E-state index in [0.717, 1.165) is 18.5 Å². The van der Waals surface area contributed by atoms with Crippen LogP contribution in [0.25, 0.3) is 11.0 Å². The van der Waals surface area contributed by atoms with Crippen LogP contribution in [-0.2, 0) is 0 Å². The maximum atomic E-state index is 8.74. The third-order valence-electron chi connectivity index (χ3n) is 3.19. The van der Waals surface area contributed by atoms with Crippen molar-refractivity contribution in [1.29, 1.82) is 5.26 Å². The van der Waals surface area contributed by atoms with E-state index in [4.69, 9.17) is 15.6 Å². The van der Waals surface area contributed by atoms with Gasteiger partial charge in [-0.15, -0.1) is 0 Å². The number of nitrogen functional groups attached to an aromatic ring is 1. The van der Waals surface area contributed by atoms with E-state index < -0.39 is 0 Å². The third-order valence-corrected chi connectivity index (χ3v) is 3.19. The monoisotopic (exact) mass is 243 g/mol. The lowest BCUT2D eigenvalue weighted by Gasteiger charge is -2.23. The highest BCUT2D eigenvalue weighted by Crippen LogP contribution is 2.36. The Morgan fingerprint density at radius 1 is 1.39 bits per heavy atom. The SMILES string of the molecule is N#CCCN(c1ccc(N)c2nonc12)C1CC1. The van der Waals surface area contributed by atoms with Crippen molar-refractivity contribution < 1.29 is 4.63 Å². The molecule has 1 saturated carbocycles. The molecule has 1 fully saturated rings. The Morgan fingerprint density at radius 3 is 2.89 bits per heavy atom. The molecule has 0 saturated heterocycles. The average Bonchev–Trinajstić information content (AvgIpc) is 3.08. The molecule has 0 aliphatic heterocycles. The quantitative estimate of drug-likeness (QED) is 0.821. The first-order valence-electron chi connectivity index (χ1n) is 5.95. The molecule has 0 bridgehead atoms. The van der Waals surface area contributed by atoms with Crippen molar-refractivity contribution in [2.45, 2.75) is 25.3 Å². The molecule has 0 spiro atoms. The number of aromatic nitrogens is 2. The standard InChI is InChI=1S/C12H13N5O/c13-6-1-7-17(8-2-3-8)10-5-4-9(14)11-12(10)16-18-15-11/h4-5,8H,1-3,7,14H2. The van der Waals surface area contributed by atoms with Crippen LogP contribution in [0, 0.1) is 11.3 Å². The molecule has 0 amide bonds. The normalized spacial score (nSPS) is 14.6. The highest BCUT2D eigenvalue weighted by molar-refractivity contribution is 5.95. The van der Waals surface area contributed by atoms with Crippen LogP contribution in [0.3, 0.4) is 0 Å². The molecule has 0 atom stereocenters. The Bertz CT molecular complexity index is 610. The van der Waals surface area contributed by atoms with Gasteiger partial charge in [-0.2, -0.15) is 5.26 Å². The minimum Gasteiger partial charge on any atom is -0.397 e. The maximum absolute atomic E-state index is 8.74. The van der Waals surface area contributed by atoms with Crippen LogP contribution in [-0.4, -0.2) is 22.9 Å². The molecule has 1 heterocycles. The van der Waals surface area contributed by atoms with Crippen molar-refractivity contribution in [3.8, 4) is 6.07 Å². The second-order valence-electron chi connectivity index (χ2n) is 4.47.